The van der Waals surface area contributed by atoms with Gasteiger partial charge in [0.2, 0.25) is 11.7 Å². The van der Waals surface area contributed by atoms with Gasteiger partial charge in [0.1, 0.15) is 5.76 Å². The largest absolute Gasteiger partial charge is 0.511 e. The van der Waals surface area contributed by atoms with Crippen LogP contribution >= 0.6 is 0 Å². The molecule has 1 atom stereocenters. The summed E-state index contributed by atoms with van der Waals surface area (Å²) in [4.78, 5) is 16.2. The molecule has 1 aromatic heterocycles. The monoisotopic (exact) mass is 409 g/mol. The van der Waals surface area contributed by atoms with Crippen LogP contribution in [0.4, 0.5) is 4.79 Å². The van der Waals surface area contributed by atoms with Gasteiger partial charge in [0.15, 0.2) is 0 Å². The Balaban J connectivity index is 1.80. The van der Waals surface area contributed by atoms with Crippen LogP contribution in [0.15, 0.2) is 45.9 Å². The summed E-state index contributed by atoms with van der Waals surface area (Å²) >= 11 is 0. The number of hydrogen-bond acceptors (Lipinski definition) is 6. The summed E-state index contributed by atoms with van der Waals surface area (Å²) in [6.07, 6.45) is 4.38. The molecule has 0 bridgehead atoms. The van der Waals surface area contributed by atoms with Crippen LogP contribution in [-0.2, 0) is 4.74 Å². The van der Waals surface area contributed by atoms with E-state index in [2.05, 4.69) is 10.5 Å². The quantitative estimate of drug-likeness (QED) is 0.646. The molecule has 4 rings (SSSR count). The van der Waals surface area contributed by atoms with Crippen molar-refractivity contribution in [3.63, 3.8) is 0 Å². The van der Waals surface area contributed by atoms with Gasteiger partial charge in [0, 0.05) is 17.2 Å². The van der Waals surface area contributed by atoms with Crippen LogP contribution < -0.4 is 5.32 Å². The van der Waals surface area contributed by atoms with E-state index in [0.717, 1.165) is 35.2 Å². The lowest BCUT2D eigenvalue weighted by molar-refractivity contribution is 0.114. The van der Waals surface area contributed by atoms with Crippen LogP contribution in [-0.4, -0.2) is 21.4 Å². The number of nitrogens with zero attached hydrogens (tertiary/aromatic N) is 2. The molecule has 1 fully saturated rings. The second kappa shape index (κ2) is 8.34. The first kappa shape index (κ1) is 20.2. The van der Waals surface area contributed by atoms with E-state index < -0.39 is 12.1 Å². The van der Waals surface area contributed by atoms with Crippen molar-refractivity contribution in [2.24, 2.45) is 0 Å². The molecule has 0 radical (unpaired) electrons. The maximum atomic E-state index is 11.5. The standard InChI is InChI=1S/C23H27N3O4/c1-13-9-7-8-12-17(13)19-18(14(2)24-15(3)20(19)29-23(27)28)21-25-22(30-26-21)16-10-5-4-6-11-16/h7-9,12,16,19,24H,4-6,10-11H2,1-3H3,(H,27,28). The normalized spacial score (nSPS) is 20.3. The summed E-state index contributed by atoms with van der Waals surface area (Å²) < 4.78 is 10.9. The molecular weight excluding hydrogens is 382 g/mol. The van der Waals surface area contributed by atoms with E-state index in [1.54, 1.807) is 0 Å². The van der Waals surface area contributed by atoms with Gasteiger partial charge >= 0.3 is 6.16 Å². The van der Waals surface area contributed by atoms with Crippen molar-refractivity contribution >= 4 is 11.7 Å². The molecule has 30 heavy (non-hydrogen) atoms. The Morgan fingerprint density at radius 3 is 2.57 bits per heavy atom. The lowest BCUT2D eigenvalue weighted by Gasteiger charge is -2.30. The van der Waals surface area contributed by atoms with Crippen molar-refractivity contribution in [2.75, 3.05) is 0 Å². The van der Waals surface area contributed by atoms with Crippen LogP contribution in [0.5, 0.6) is 0 Å². The average Bonchev–Trinajstić information content (AvgIpc) is 3.20. The van der Waals surface area contributed by atoms with Gasteiger partial charge in [0.25, 0.3) is 0 Å². The Kier molecular flexibility index (Phi) is 5.61. The molecule has 1 aromatic carbocycles. The highest BCUT2D eigenvalue weighted by Crippen LogP contribution is 2.44. The maximum Gasteiger partial charge on any atom is 0.511 e. The number of aromatic nitrogens is 2. The molecule has 1 saturated carbocycles. The third-order valence-electron chi connectivity index (χ3n) is 6.03. The number of carboxylic acid groups (broad SMARTS) is 1. The van der Waals surface area contributed by atoms with Crippen LogP contribution in [0.25, 0.3) is 5.57 Å². The Bertz CT molecular complexity index is 1010. The number of rotatable bonds is 4. The Morgan fingerprint density at radius 1 is 1.13 bits per heavy atom. The van der Waals surface area contributed by atoms with E-state index in [0.29, 0.717) is 29.1 Å². The summed E-state index contributed by atoms with van der Waals surface area (Å²) in [5.74, 6) is 1.33. The summed E-state index contributed by atoms with van der Waals surface area (Å²) in [5.41, 5.74) is 4.27. The minimum atomic E-state index is -1.35. The van der Waals surface area contributed by atoms with E-state index >= 15 is 0 Å². The molecule has 2 aromatic rings. The average molecular weight is 409 g/mol. The topological polar surface area (TPSA) is 97.5 Å². The van der Waals surface area contributed by atoms with E-state index in [1.807, 2.05) is 45.0 Å². The Hall–Kier alpha value is -3.09. The maximum absolute atomic E-state index is 11.5. The fourth-order valence-corrected chi connectivity index (χ4v) is 4.57. The highest BCUT2D eigenvalue weighted by molar-refractivity contribution is 5.76. The minimum Gasteiger partial charge on any atom is -0.449 e. The van der Waals surface area contributed by atoms with E-state index in [4.69, 9.17) is 14.2 Å². The first-order valence-electron chi connectivity index (χ1n) is 10.4. The molecule has 2 heterocycles. The van der Waals surface area contributed by atoms with Gasteiger partial charge in [-0.15, -0.1) is 0 Å². The fraction of sp³-hybridized carbons (Fsp3) is 0.435. The number of dihydropyridines is 1. The predicted molar refractivity (Wildman–Crippen MR) is 112 cm³/mol. The van der Waals surface area contributed by atoms with Crippen molar-refractivity contribution < 1.29 is 19.2 Å². The smallest absolute Gasteiger partial charge is 0.449 e. The SMILES string of the molecule is CC1=C(OC(=O)O)C(c2ccccc2C)C(c2noc(C3CCCCC3)n2)=C(C)N1. The van der Waals surface area contributed by atoms with Gasteiger partial charge in [0.05, 0.1) is 11.6 Å². The van der Waals surface area contributed by atoms with Gasteiger partial charge in [-0.3, -0.25) is 0 Å². The van der Waals surface area contributed by atoms with Crippen LogP contribution in [0.2, 0.25) is 0 Å². The van der Waals surface area contributed by atoms with E-state index in [9.17, 15) is 9.90 Å². The van der Waals surface area contributed by atoms with Crippen molar-refractivity contribution in [2.45, 2.75) is 64.7 Å². The van der Waals surface area contributed by atoms with Gasteiger partial charge in [-0.2, -0.15) is 4.98 Å². The molecule has 0 spiro atoms. The van der Waals surface area contributed by atoms with Crippen molar-refractivity contribution in [3.8, 4) is 0 Å². The molecule has 2 aliphatic rings. The van der Waals surface area contributed by atoms with Gasteiger partial charge in [-0.1, -0.05) is 48.7 Å². The zero-order valence-electron chi connectivity index (χ0n) is 17.6. The number of ether oxygens (including phenoxy) is 1. The Morgan fingerprint density at radius 2 is 1.87 bits per heavy atom. The summed E-state index contributed by atoms with van der Waals surface area (Å²) in [6.45, 7) is 5.76. The number of carbonyl (C=O) groups is 1. The van der Waals surface area contributed by atoms with Gasteiger partial charge in [-0.25, -0.2) is 4.79 Å². The van der Waals surface area contributed by atoms with Gasteiger partial charge in [-0.05, 0) is 44.7 Å². The third kappa shape index (κ3) is 3.84. The van der Waals surface area contributed by atoms with Gasteiger partial charge < -0.3 is 19.7 Å². The van der Waals surface area contributed by atoms with Crippen LogP contribution in [0, 0.1) is 6.92 Å². The molecule has 7 nitrogen and oxygen atoms in total. The number of benzene rings is 1. The van der Waals surface area contributed by atoms with E-state index in [-0.39, 0.29) is 0 Å². The Labute approximate surface area is 175 Å². The van der Waals surface area contributed by atoms with Crippen molar-refractivity contribution in [1.82, 2.24) is 15.5 Å². The van der Waals surface area contributed by atoms with Crippen molar-refractivity contribution in [1.29, 1.82) is 0 Å². The molecule has 1 unspecified atom stereocenters. The molecule has 158 valence electrons. The van der Waals surface area contributed by atoms with Crippen LogP contribution in [0.1, 0.15) is 80.6 Å². The van der Waals surface area contributed by atoms with Crippen LogP contribution in [0.3, 0.4) is 0 Å². The summed E-state index contributed by atoms with van der Waals surface area (Å²) in [7, 11) is 0. The number of aryl methyl sites for hydroxylation is 1. The molecule has 0 amide bonds. The lowest BCUT2D eigenvalue weighted by Crippen LogP contribution is -2.27. The molecule has 0 saturated heterocycles. The first-order chi connectivity index (χ1) is 14.5. The fourth-order valence-electron chi connectivity index (χ4n) is 4.57. The first-order valence-corrected chi connectivity index (χ1v) is 10.4. The minimum absolute atomic E-state index is 0.293. The molecule has 7 heteroatoms. The van der Waals surface area contributed by atoms with E-state index in [1.165, 1.54) is 19.3 Å². The molecule has 1 aliphatic carbocycles. The highest BCUT2D eigenvalue weighted by atomic mass is 16.7. The molecule has 2 N–H and O–H groups in total. The molecule has 1 aliphatic heterocycles. The number of allylic oxidation sites excluding steroid dienone is 3. The molecular formula is C23H27N3O4. The lowest BCUT2D eigenvalue weighted by atomic mass is 9.82. The highest BCUT2D eigenvalue weighted by Gasteiger charge is 2.36. The second-order valence-corrected chi connectivity index (χ2v) is 8.10. The summed E-state index contributed by atoms with van der Waals surface area (Å²) in [5, 5.41) is 16.9. The second-order valence-electron chi connectivity index (χ2n) is 8.10. The zero-order valence-corrected chi connectivity index (χ0v) is 17.6. The van der Waals surface area contributed by atoms with Crippen molar-refractivity contribution in [3.05, 3.63) is 64.3 Å². The third-order valence-corrected chi connectivity index (χ3v) is 6.03. The number of nitrogens with one attached hydrogen (secondary N) is 1. The summed E-state index contributed by atoms with van der Waals surface area (Å²) in [6, 6.07) is 7.88. The number of hydrogen-bond donors (Lipinski definition) is 2. The zero-order chi connectivity index (χ0) is 21.3. The predicted octanol–water partition coefficient (Wildman–Crippen LogP) is 5.47.